The van der Waals surface area contributed by atoms with Gasteiger partial charge in [0.05, 0.1) is 20.5 Å². The molecule has 1 saturated heterocycles. The van der Waals surface area contributed by atoms with Gasteiger partial charge in [0.1, 0.15) is 5.01 Å². The highest BCUT2D eigenvalue weighted by atomic mass is 32.2. The lowest BCUT2D eigenvalue weighted by molar-refractivity contribution is 0.102. The van der Waals surface area contributed by atoms with Gasteiger partial charge in [0, 0.05) is 11.1 Å². The van der Waals surface area contributed by atoms with Crippen molar-refractivity contribution >= 4 is 56.7 Å². The van der Waals surface area contributed by atoms with Crippen molar-refractivity contribution in [2.24, 2.45) is 0 Å². The second-order valence-electron chi connectivity index (χ2n) is 7.04. The average Bonchev–Trinajstić information content (AvgIpc) is 3.24. The molecule has 0 atom stereocenters. The van der Waals surface area contributed by atoms with Crippen molar-refractivity contribution in [3.63, 3.8) is 0 Å². The van der Waals surface area contributed by atoms with Crippen LogP contribution < -0.4 is 5.32 Å². The summed E-state index contributed by atoms with van der Waals surface area (Å²) in [5.74, 6) is 2.32. The Morgan fingerprint density at radius 3 is 2.43 bits per heavy atom. The number of carbonyl (C=O) groups is 1. The van der Waals surface area contributed by atoms with Crippen molar-refractivity contribution in [2.75, 3.05) is 16.8 Å². The smallest absolute Gasteiger partial charge is 0.255 e. The number of benzene rings is 3. The second kappa shape index (κ2) is 8.84. The Labute approximate surface area is 188 Å². The molecule has 2 heterocycles. The molecule has 3 aromatic carbocycles. The van der Waals surface area contributed by atoms with Crippen LogP contribution in [-0.4, -0.2) is 22.4 Å². The highest BCUT2D eigenvalue weighted by Gasteiger charge is 2.18. The Balaban J connectivity index is 1.37. The molecule has 6 heteroatoms. The Morgan fingerprint density at radius 2 is 1.63 bits per heavy atom. The zero-order valence-electron chi connectivity index (χ0n) is 16.2. The maximum atomic E-state index is 12.9. The van der Waals surface area contributed by atoms with E-state index in [9.17, 15) is 4.79 Å². The van der Waals surface area contributed by atoms with E-state index in [0.717, 1.165) is 26.5 Å². The van der Waals surface area contributed by atoms with Gasteiger partial charge in [-0.1, -0.05) is 36.4 Å². The number of hydrogen-bond donors (Lipinski definition) is 1. The van der Waals surface area contributed by atoms with Crippen molar-refractivity contribution in [2.45, 2.75) is 11.0 Å². The summed E-state index contributed by atoms with van der Waals surface area (Å²) in [5.41, 5.74) is 4.66. The third kappa shape index (κ3) is 4.13. The van der Waals surface area contributed by atoms with Crippen molar-refractivity contribution < 1.29 is 4.79 Å². The predicted octanol–water partition coefficient (Wildman–Crippen LogP) is 7.08. The van der Waals surface area contributed by atoms with Gasteiger partial charge in [0.25, 0.3) is 5.91 Å². The highest BCUT2D eigenvalue weighted by molar-refractivity contribution is 8.16. The number of nitrogens with one attached hydrogen (secondary N) is 1. The van der Waals surface area contributed by atoms with Gasteiger partial charge in [-0.05, 0) is 59.9 Å². The molecule has 1 aliphatic rings. The normalized spacial score (nSPS) is 14.7. The van der Waals surface area contributed by atoms with E-state index in [2.05, 4.69) is 23.5 Å². The molecule has 3 nitrogen and oxygen atoms in total. The van der Waals surface area contributed by atoms with E-state index in [1.165, 1.54) is 23.5 Å². The van der Waals surface area contributed by atoms with E-state index in [-0.39, 0.29) is 5.91 Å². The van der Waals surface area contributed by atoms with Crippen molar-refractivity contribution in [1.29, 1.82) is 0 Å². The molecule has 5 rings (SSSR count). The van der Waals surface area contributed by atoms with Crippen LogP contribution in [0.25, 0.3) is 20.8 Å². The molecule has 1 N–H and O–H groups in total. The molecule has 0 radical (unpaired) electrons. The van der Waals surface area contributed by atoms with Crippen LogP contribution in [0.3, 0.4) is 0 Å². The molecule has 1 amide bonds. The molecule has 1 aromatic heterocycles. The molecular formula is C24H20N2OS3. The van der Waals surface area contributed by atoms with E-state index >= 15 is 0 Å². The minimum Gasteiger partial charge on any atom is -0.321 e. The van der Waals surface area contributed by atoms with Crippen LogP contribution in [0.5, 0.6) is 0 Å². The van der Waals surface area contributed by atoms with Gasteiger partial charge >= 0.3 is 0 Å². The first kappa shape index (κ1) is 19.7. The summed E-state index contributed by atoms with van der Waals surface area (Å²) in [6.45, 7) is 0. The largest absolute Gasteiger partial charge is 0.321 e. The van der Waals surface area contributed by atoms with Crippen molar-refractivity contribution in [3.05, 3.63) is 83.9 Å². The number of para-hydroxylation sites is 2. The van der Waals surface area contributed by atoms with E-state index < -0.39 is 0 Å². The third-order valence-corrected chi connectivity index (χ3v) is 9.06. The van der Waals surface area contributed by atoms with E-state index in [1.54, 1.807) is 11.3 Å². The number of aromatic nitrogens is 1. The van der Waals surface area contributed by atoms with Gasteiger partial charge in [-0.15, -0.1) is 34.9 Å². The number of rotatable bonds is 4. The Bertz CT molecular complexity index is 1150. The quantitative estimate of drug-likeness (QED) is 0.362. The number of amides is 1. The topological polar surface area (TPSA) is 42.0 Å². The molecule has 150 valence electrons. The number of fused-ring (bicyclic) bond motifs is 1. The van der Waals surface area contributed by atoms with Gasteiger partial charge in [0.2, 0.25) is 0 Å². The lowest BCUT2D eigenvalue weighted by atomic mass is 10.1. The van der Waals surface area contributed by atoms with Crippen LogP contribution in [0.15, 0.2) is 72.8 Å². The van der Waals surface area contributed by atoms with Crippen LogP contribution >= 0.6 is 34.9 Å². The Morgan fingerprint density at radius 1 is 0.900 bits per heavy atom. The minimum absolute atomic E-state index is 0.0981. The second-order valence-corrected chi connectivity index (χ2v) is 10.8. The van der Waals surface area contributed by atoms with Gasteiger partial charge < -0.3 is 5.32 Å². The number of carbonyl (C=O) groups excluding carboxylic acids is 1. The summed E-state index contributed by atoms with van der Waals surface area (Å²) in [5, 5.41) is 4.00. The van der Waals surface area contributed by atoms with E-state index in [1.807, 2.05) is 78.1 Å². The Hall–Kier alpha value is -2.28. The summed E-state index contributed by atoms with van der Waals surface area (Å²) in [6.07, 6.45) is 1.28. The molecule has 0 bridgehead atoms. The third-order valence-electron chi connectivity index (χ3n) is 4.97. The van der Waals surface area contributed by atoms with Gasteiger partial charge in [-0.3, -0.25) is 4.79 Å². The van der Waals surface area contributed by atoms with Crippen molar-refractivity contribution in [3.8, 4) is 10.6 Å². The van der Waals surface area contributed by atoms with Gasteiger partial charge in [0.15, 0.2) is 0 Å². The fraction of sp³-hybridized carbons (Fsp3) is 0.167. The molecular weight excluding hydrogens is 428 g/mol. The minimum atomic E-state index is -0.0981. The molecule has 0 spiro atoms. The number of thioether (sulfide) groups is 2. The fourth-order valence-electron chi connectivity index (χ4n) is 3.43. The van der Waals surface area contributed by atoms with E-state index in [0.29, 0.717) is 10.1 Å². The number of hydrogen-bond acceptors (Lipinski definition) is 5. The summed E-state index contributed by atoms with van der Waals surface area (Å²) < 4.78 is 1.62. The van der Waals surface area contributed by atoms with Crippen molar-refractivity contribution in [1.82, 2.24) is 4.98 Å². The molecule has 1 fully saturated rings. The first-order chi connectivity index (χ1) is 14.8. The predicted molar refractivity (Wildman–Crippen MR) is 132 cm³/mol. The maximum absolute atomic E-state index is 12.9. The number of thiazole rings is 1. The summed E-state index contributed by atoms with van der Waals surface area (Å²) >= 11 is 5.62. The fourth-order valence-corrected chi connectivity index (χ4v) is 7.33. The molecule has 4 aromatic rings. The summed E-state index contributed by atoms with van der Waals surface area (Å²) in [7, 11) is 0. The number of anilines is 1. The summed E-state index contributed by atoms with van der Waals surface area (Å²) in [6, 6.07) is 24.0. The lowest BCUT2D eigenvalue weighted by Gasteiger charge is -2.21. The average molecular weight is 449 g/mol. The first-order valence-electron chi connectivity index (χ1n) is 9.87. The maximum Gasteiger partial charge on any atom is 0.255 e. The molecule has 1 aliphatic heterocycles. The molecule has 30 heavy (non-hydrogen) atoms. The van der Waals surface area contributed by atoms with Crippen LogP contribution in [0, 0.1) is 0 Å². The molecule has 0 saturated carbocycles. The summed E-state index contributed by atoms with van der Waals surface area (Å²) in [4.78, 5) is 17.7. The van der Waals surface area contributed by atoms with Crippen LogP contribution in [0.2, 0.25) is 0 Å². The highest BCUT2D eigenvalue weighted by Crippen LogP contribution is 2.43. The molecule has 0 aliphatic carbocycles. The van der Waals surface area contributed by atoms with Crippen LogP contribution in [0.4, 0.5) is 5.69 Å². The zero-order valence-corrected chi connectivity index (χ0v) is 18.7. The van der Waals surface area contributed by atoms with Gasteiger partial charge in [-0.25, -0.2) is 4.98 Å². The van der Waals surface area contributed by atoms with E-state index in [4.69, 9.17) is 4.98 Å². The lowest BCUT2D eigenvalue weighted by Crippen LogP contribution is -2.12. The van der Waals surface area contributed by atoms with Crippen LogP contribution in [0.1, 0.15) is 26.9 Å². The first-order valence-corrected chi connectivity index (χ1v) is 12.8. The SMILES string of the molecule is O=C(Nc1ccccc1-c1nc2ccccc2s1)c1ccc(C2SCCCS2)cc1. The standard InChI is InChI=1S/C24H20N2OS3/c27-22(16-10-12-17(13-11-16)24-28-14-5-15-29-24)25-19-7-2-1-6-18(19)23-26-20-8-3-4-9-21(20)30-23/h1-4,6-13,24H,5,14-15H2,(H,25,27). The van der Waals surface area contributed by atoms with Gasteiger partial charge in [-0.2, -0.15) is 0 Å². The zero-order chi connectivity index (χ0) is 20.3. The number of nitrogens with zero attached hydrogens (tertiary/aromatic N) is 1. The Kier molecular flexibility index (Phi) is 5.79. The monoisotopic (exact) mass is 448 g/mol. The molecule has 0 unspecified atom stereocenters. The van der Waals surface area contributed by atoms with Crippen LogP contribution in [-0.2, 0) is 0 Å².